The number of benzene rings is 1. The molecule has 0 bridgehead atoms. The van der Waals surface area contributed by atoms with Crippen LogP contribution in [-0.2, 0) is 12.8 Å². The van der Waals surface area contributed by atoms with Gasteiger partial charge in [0.25, 0.3) is 0 Å². The van der Waals surface area contributed by atoms with Gasteiger partial charge in [-0.15, -0.1) is 0 Å². The Balaban J connectivity index is 0.000000349. The Morgan fingerprint density at radius 3 is 2.16 bits per heavy atom. The molecule has 274 valence electrons. The number of aromatic nitrogens is 4. The van der Waals surface area contributed by atoms with Crippen LogP contribution in [0.25, 0.3) is 22.4 Å². The van der Waals surface area contributed by atoms with E-state index < -0.39 is 18.6 Å². The molecule has 3 heterocycles. The van der Waals surface area contributed by atoms with Gasteiger partial charge in [0.15, 0.2) is 5.82 Å². The maximum Gasteiger partial charge on any atom is 0.389 e. The van der Waals surface area contributed by atoms with Crippen LogP contribution in [0, 0.1) is 6.92 Å². The lowest BCUT2D eigenvalue weighted by atomic mass is 10.0. The van der Waals surface area contributed by atoms with Gasteiger partial charge in [-0.1, -0.05) is 96.6 Å². The summed E-state index contributed by atoms with van der Waals surface area (Å²) < 4.78 is 38.7. The molecule has 0 aliphatic heterocycles. The molecular weight excluding hydrogens is 639 g/mol. The van der Waals surface area contributed by atoms with Crippen molar-refractivity contribution in [2.75, 3.05) is 12.0 Å². The van der Waals surface area contributed by atoms with Gasteiger partial charge in [0.2, 0.25) is 0 Å². The van der Waals surface area contributed by atoms with Crippen molar-refractivity contribution >= 4 is 16.9 Å². The summed E-state index contributed by atoms with van der Waals surface area (Å²) >= 11 is 0. The van der Waals surface area contributed by atoms with Crippen molar-refractivity contribution in [2.45, 2.75) is 136 Å². The molecule has 0 radical (unpaired) electrons. The fourth-order valence-electron chi connectivity index (χ4n) is 6.03. The number of alkyl halides is 3. The number of carbonyl (C=O) groups is 1. The second-order valence-electron chi connectivity index (χ2n) is 13.1. The van der Waals surface area contributed by atoms with Crippen LogP contribution >= 0.6 is 0 Å². The Morgan fingerprint density at radius 1 is 0.860 bits per heavy atom. The molecule has 4 rings (SSSR count). The van der Waals surface area contributed by atoms with E-state index in [1.165, 1.54) is 73.2 Å². The zero-order valence-electron chi connectivity index (χ0n) is 30.2. The molecule has 3 aromatic heterocycles. The largest absolute Gasteiger partial charge is 0.478 e. The summed E-state index contributed by atoms with van der Waals surface area (Å²) in [4.78, 5) is 23.0. The first-order valence-corrected chi connectivity index (χ1v) is 18.5. The van der Waals surface area contributed by atoms with Crippen molar-refractivity contribution in [1.29, 1.82) is 0 Å². The molecule has 0 atom stereocenters. The number of aromatic carboxylic acids is 1. The van der Waals surface area contributed by atoms with Gasteiger partial charge < -0.3 is 10.5 Å². The van der Waals surface area contributed by atoms with Crippen LogP contribution in [0.4, 0.5) is 13.2 Å². The van der Waals surface area contributed by atoms with E-state index >= 15 is 0 Å². The Hall–Kier alpha value is -3.95. The van der Waals surface area contributed by atoms with E-state index in [2.05, 4.69) is 63.3 Å². The third-order valence-corrected chi connectivity index (χ3v) is 8.92. The molecule has 10 heteroatoms. The average Bonchev–Trinajstić information content (AvgIpc) is 3.45. The highest BCUT2D eigenvalue weighted by Crippen LogP contribution is 2.25. The molecule has 4 aromatic rings. The highest BCUT2D eigenvalue weighted by Gasteiger charge is 2.25. The summed E-state index contributed by atoms with van der Waals surface area (Å²) in [5, 5.41) is 10.2. The molecular formula is C40H56F3N5O2. The highest BCUT2D eigenvalue weighted by molar-refractivity contribution is 5.88. The smallest absolute Gasteiger partial charge is 0.389 e. The molecule has 0 spiro atoms. The van der Waals surface area contributed by atoms with Gasteiger partial charge in [0, 0.05) is 36.9 Å². The summed E-state index contributed by atoms with van der Waals surface area (Å²) in [7, 11) is 0. The minimum Gasteiger partial charge on any atom is -0.478 e. The van der Waals surface area contributed by atoms with Crippen LogP contribution in [0.15, 0.2) is 55.0 Å². The van der Waals surface area contributed by atoms with E-state index in [4.69, 9.17) is 5.11 Å². The molecule has 1 aromatic carbocycles. The summed E-state index contributed by atoms with van der Waals surface area (Å²) in [6, 6.07) is 12.3. The van der Waals surface area contributed by atoms with Crippen molar-refractivity contribution < 1.29 is 23.1 Å². The predicted molar refractivity (Wildman–Crippen MR) is 197 cm³/mol. The van der Waals surface area contributed by atoms with E-state index in [0.29, 0.717) is 23.6 Å². The number of fused-ring (bicyclic) bond motifs is 1. The number of hydrogen-bond donors (Lipinski definition) is 2. The van der Waals surface area contributed by atoms with Crippen molar-refractivity contribution in [3.05, 3.63) is 77.4 Å². The van der Waals surface area contributed by atoms with E-state index in [0.717, 1.165) is 51.5 Å². The second-order valence-corrected chi connectivity index (χ2v) is 13.1. The Bertz CT molecular complexity index is 1560. The third kappa shape index (κ3) is 14.5. The van der Waals surface area contributed by atoms with Crippen LogP contribution in [0.2, 0.25) is 0 Å². The van der Waals surface area contributed by atoms with Gasteiger partial charge in [0.1, 0.15) is 5.69 Å². The molecule has 7 nitrogen and oxygen atoms in total. The molecule has 0 amide bonds. The normalized spacial score (nSPS) is 11.4. The number of aryl methyl sites for hydroxylation is 3. The Labute approximate surface area is 296 Å². The first kappa shape index (κ1) is 40.5. The van der Waals surface area contributed by atoms with Crippen molar-refractivity contribution in [3.63, 3.8) is 0 Å². The van der Waals surface area contributed by atoms with E-state index in [1.807, 2.05) is 6.07 Å². The number of rotatable bonds is 21. The molecule has 0 saturated carbocycles. The van der Waals surface area contributed by atoms with Crippen molar-refractivity contribution in [2.24, 2.45) is 0 Å². The van der Waals surface area contributed by atoms with Gasteiger partial charge in [-0.3, -0.25) is 9.66 Å². The maximum atomic E-state index is 12.2. The SMILES string of the molecule is CCCCCCCCCNn1cc(CC)c2cc(CCCCCCCCCC(F)(F)F)ccc21.Cc1nc(-c2ccccn2)ncc1C(=O)O. The first-order chi connectivity index (χ1) is 24.1. The minimum absolute atomic E-state index is 0.111. The highest BCUT2D eigenvalue weighted by atomic mass is 19.4. The second kappa shape index (κ2) is 22.0. The van der Waals surface area contributed by atoms with Crippen LogP contribution in [-0.4, -0.2) is 43.4 Å². The maximum absolute atomic E-state index is 12.2. The van der Waals surface area contributed by atoms with Crippen LogP contribution < -0.4 is 5.43 Å². The van der Waals surface area contributed by atoms with Crippen molar-refractivity contribution in [1.82, 2.24) is 19.6 Å². The zero-order chi connectivity index (χ0) is 36.2. The average molecular weight is 696 g/mol. The van der Waals surface area contributed by atoms with Gasteiger partial charge in [0.05, 0.1) is 16.8 Å². The number of nitrogens with zero attached hydrogens (tertiary/aromatic N) is 4. The van der Waals surface area contributed by atoms with Crippen LogP contribution in [0.1, 0.15) is 137 Å². The molecule has 50 heavy (non-hydrogen) atoms. The number of halogens is 3. The van der Waals surface area contributed by atoms with E-state index in [-0.39, 0.29) is 12.0 Å². The van der Waals surface area contributed by atoms with Crippen LogP contribution in [0.3, 0.4) is 0 Å². The fraction of sp³-hybridized carbons (Fsp3) is 0.550. The number of nitrogens with one attached hydrogen (secondary N) is 1. The number of hydrogen-bond acceptors (Lipinski definition) is 5. The summed E-state index contributed by atoms with van der Waals surface area (Å²) in [5.74, 6) is -0.590. The summed E-state index contributed by atoms with van der Waals surface area (Å²) in [6.07, 6.45) is 18.3. The first-order valence-electron chi connectivity index (χ1n) is 18.5. The number of unbranched alkanes of at least 4 members (excludes halogenated alkanes) is 12. The molecule has 0 aliphatic rings. The lowest BCUT2D eigenvalue weighted by Gasteiger charge is -2.10. The minimum atomic E-state index is -4.00. The lowest BCUT2D eigenvalue weighted by molar-refractivity contribution is -0.135. The molecule has 0 fully saturated rings. The van der Waals surface area contributed by atoms with Crippen LogP contribution in [0.5, 0.6) is 0 Å². The topological polar surface area (TPSA) is 92.9 Å². The molecule has 0 unspecified atom stereocenters. The number of carboxylic acid groups (broad SMARTS) is 1. The quantitative estimate of drug-likeness (QED) is 0.0843. The fourth-order valence-corrected chi connectivity index (χ4v) is 6.03. The standard InChI is InChI=1S/C29H47F3N2.C11H9N3O2/c1-3-5-6-7-11-14-17-22-33-34-24-26(4-2)27-23-25(19-20-28(27)34)18-15-12-9-8-10-13-16-21-29(30,31)32;1-7-8(11(15)16)6-13-10(14-7)9-4-2-3-5-12-9/h19-20,23-24,33H,3-18,21-22H2,1-2H3;2-6H,1H3,(H,15,16). The Morgan fingerprint density at radius 2 is 1.54 bits per heavy atom. The predicted octanol–water partition coefficient (Wildman–Crippen LogP) is 11.3. The zero-order valence-corrected chi connectivity index (χ0v) is 30.2. The van der Waals surface area contributed by atoms with Gasteiger partial charge in [-0.2, -0.15) is 13.2 Å². The van der Waals surface area contributed by atoms with Gasteiger partial charge in [-0.05, 0) is 74.4 Å². The lowest BCUT2D eigenvalue weighted by Crippen LogP contribution is -2.14. The van der Waals surface area contributed by atoms with Crippen molar-refractivity contribution in [3.8, 4) is 11.5 Å². The molecule has 0 aliphatic carbocycles. The van der Waals surface area contributed by atoms with Gasteiger partial charge >= 0.3 is 12.1 Å². The number of carboxylic acids is 1. The van der Waals surface area contributed by atoms with E-state index in [9.17, 15) is 18.0 Å². The number of pyridine rings is 1. The molecule has 0 saturated heterocycles. The molecule has 2 N–H and O–H groups in total. The summed E-state index contributed by atoms with van der Waals surface area (Å²) in [6.45, 7) is 7.13. The van der Waals surface area contributed by atoms with Gasteiger partial charge in [-0.25, -0.2) is 14.8 Å². The monoisotopic (exact) mass is 695 g/mol. The third-order valence-electron chi connectivity index (χ3n) is 8.92. The summed E-state index contributed by atoms with van der Waals surface area (Å²) in [5.41, 5.74) is 8.82. The van der Waals surface area contributed by atoms with E-state index in [1.54, 1.807) is 25.3 Å². The Kier molecular flexibility index (Phi) is 17.8.